The van der Waals surface area contributed by atoms with E-state index < -0.39 is 0 Å². The molecule has 0 aromatic heterocycles. The highest BCUT2D eigenvalue weighted by atomic mass is 35.5. The minimum absolute atomic E-state index is 0.0318. The first-order chi connectivity index (χ1) is 10.1. The number of aryl methyl sites for hydroxylation is 2. The van der Waals surface area contributed by atoms with Gasteiger partial charge in [-0.25, -0.2) is 0 Å². The second kappa shape index (κ2) is 7.51. The SMILES string of the molecule is CCCOc1cccc(C(Cl)Cc2cc(C)ccc2C)c1. The fourth-order valence-corrected chi connectivity index (χ4v) is 2.65. The predicted molar refractivity (Wildman–Crippen MR) is 90.4 cm³/mol. The van der Waals surface area contributed by atoms with Gasteiger partial charge in [-0.3, -0.25) is 0 Å². The summed E-state index contributed by atoms with van der Waals surface area (Å²) in [5.74, 6) is 0.904. The number of benzene rings is 2. The molecule has 1 nitrogen and oxygen atoms in total. The minimum atomic E-state index is -0.0318. The second-order valence-corrected chi connectivity index (χ2v) is 6.05. The lowest BCUT2D eigenvalue weighted by atomic mass is 9.98. The van der Waals surface area contributed by atoms with Gasteiger partial charge in [-0.05, 0) is 55.5 Å². The predicted octanol–water partition coefficient (Wildman–Crippen LogP) is 5.61. The molecule has 112 valence electrons. The molecule has 2 heteroatoms. The molecule has 0 spiro atoms. The van der Waals surface area contributed by atoms with E-state index in [4.69, 9.17) is 16.3 Å². The summed E-state index contributed by atoms with van der Waals surface area (Å²) in [6.45, 7) is 7.10. The number of rotatable bonds is 6. The number of hydrogen-bond acceptors (Lipinski definition) is 1. The molecule has 0 aliphatic rings. The highest BCUT2D eigenvalue weighted by Gasteiger charge is 2.11. The van der Waals surface area contributed by atoms with Crippen molar-refractivity contribution in [2.24, 2.45) is 0 Å². The summed E-state index contributed by atoms with van der Waals surface area (Å²) in [4.78, 5) is 0. The van der Waals surface area contributed by atoms with E-state index in [2.05, 4.69) is 51.1 Å². The Morgan fingerprint density at radius 2 is 1.90 bits per heavy atom. The van der Waals surface area contributed by atoms with Gasteiger partial charge in [0, 0.05) is 0 Å². The zero-order valence-electron chi connectivity index (χ0n) is 13.0. The normalized spacial score (nSPS) is 12.2. The van der Waals surface area contributed by atoms with E-state index in [1.54, 1.807) is 0 Å². The average Bonchev–Trinajstić information content (AvgIpc) is 2.49. The number of hydrogen-bond donors (Lipinski definition) is 0. The van der Waals surface area contributed by atoms with Crippen molar-refractivity contribution in [2.45, 2.75) is 39.0 Å². The quantitative estimate of drug-likeness (QED) is 0.630. The zero-order valence-corrected chi connectivity index (χ0v) is 13.8. The van der Waals surface area contributed by atoms with Crippen LogP contribution in [0.4, 0.5) is 0 Å². The van der Waals surface area contributed by atoms with Crippen LogP contribution in [0.25, 0.3) is 0 Å². The Morgan fingerprint density at radius 3 is 2.67 bits per heavy atom. The van der Waals surface area contributed by atoms with Crippen molar-refractivity contribution in [1.29, 1.82) is 0 Å². The third-order valence-electron chi connectivity index (χ3n) is 3.60. The molecule has 1 unspecified atom stereocenters. The molecule has 0 aliphatic heterocycles. The lowest BCUT2D eigenvalue weighted by molar-refractivity contribution is 0.317. The first-order valence-electron chi connectivity index (χ1n) is 7.53. The Balaban J connectivity index is 2.12. The van der Waals surface area contributed by atoms with E-state index in [1.165, 1.54) is 16.7 Å². The van der Waals surface area contributed by atoms with E-state index in [1.807, 2.05) is 12.1 Å². The van der Waals surface area contributed by atoms with Crippen LogP contribution in [-0.2, 0) is 6.42 Å². The summed E-state index contributed by atoms with van der Waals surface area (Å²) in [5, 5.41) is -0.0318. The van der Waals surface area contributed by atoms with Gasteiger partial charge in [0.05, 0.1) is 12.0 Å². The molecular weight excluding hydrogens is 280 g/mol. The molecule has 0 fully saturated rings. The van der Waals surface area contributed by atoms with Crippen LogP contribution in [0.2, 0.25) is 0 Å². The monoisotopic (exact) mass is 302 g/mol. The summed E-state index contributed by atoms with van der Waals surface area (Å²) in [6.07, 6.45) is 1.85. The van der Waals surface area contributed by atoms with Crippen LogP contribution in [0.3, 0.4) is 0 Å². The van der Waals surface area contributed by atoms with Crippen molar-refractivity contribution >= 4 is 11.6 Å². The van der Waals surface area contributed by atoms with Gasteiger partial charge in [0.15, 0.2) is 0 Å². The maximum atomic E-state index is 6.62. The minimum Gasteiger partial charge on any atom is -0.494 e. The van der Waals surface area contributed by atoms with Gasteiger partial charge in [0.2, 0.25) is 0 Å². The first kappa shape index (κ1) is 15.9. The summed E-state index contributed by atoms with van der Waals surface area (Å²) in [5.41, 5.74) is 5.00. The van der Waals surface area contributed by atoms with Crippen LogP contribution in [0.5, 0.6) is 5.75 Å². The van der Waals surface area contributed by atoms with E-state index >= 15 is 0 Å². The first-order valence-corrected chi connectivity index (χ1v) is 7.96. The Labute approximate surface area is 132 Å². The molecule has 0 aliphatic carbocycles. The lowest BCUT2D eigenvalue weighted by Crippen LogP contribution is -2.00. The third-order valence-corrected chi connectivity index (χ3v) is 4.00. The van der Waals surface area contributed by atoms with Crippen LogP contribution in [-0.4, -0.2) is 6.61 Å². The maximum Gasteiger partial charge on any atom is 0.119 e. The molecule has 0 N–H and O–H groups in total. The molecule has 0 amide bonds. The lowest BCUT2D eigenvalue weighted by Gasteiger charge is -2.14. The number of ether oxygens (including phenoxy) is 1. The van der Waals surface area contributed by atoms with Crippen molar-refractivity contribution < 1.29 is 4.74 Å². The van der Waals surface area contributed by atoms with Gasteiger partial charge in [0.1, 0.15) is 5.75 Å². The van der Waals surface area contributed by atoms with E-state index in [9.17, 15) is 0 Å². The van der Waals surface area contributed by atoms with Crippen molar-refractivity contribution in [1.82, 2.24) is 0 Å². The van der Waals surface area contributed by atoms with Gasteiger partial charge >= 0.3 is 0 Å². The standard InChI is InChI=1S/C19H23ClO/c1-4-10-21-18-7-5-6-16(12-18)19(20)13-17-11-14(2)8-9-15(17)3/h5-9,11-12,19H,4,10,13H2,1-3H3. The van der Waals surface area contributed by atoms with Gasteiger partial charge in [0.25, 0.3) is 0 Å². The number of halogens is 1. The summed E-state index contributed by atoms with van der Waals surface area (Å²) in [6, 6.07) is 14.7. The van der Waals surface area contributed by atoms with Crippen molar-refractivity contribution in [3.8, 4) is 5.75 Å². The van der Waals surface area contributed by atoms with E-state index in [-0.39, 0.29) is 5.38 Å². The molecule has 2 aromatic rings. The van der Waals surface area contributed by atoms with Crippen LogP contribution >= 0.6 is 11.6 Å². The Morgan fingerprint density at radius 1 is 1.10 bits per heavy atom. The zero-order chi connectivity index (χ0) is 15.2. The van der Waals surface area contributed by atoms with Gasteiger partial charge in [-0.1, -0.05) is 42.8 Å². The molecule has 1 atom stereocenters. The van der Waals surface area contributed by atoms with Gasteiger partial charge < -0.3 is 4.74 Å². The topological polar surface area (TPSA) is 9.23 Å². The molecule has 0 heterocycles. The van der Waals surface area contributed by atoms with Crippen molar-refractivity contribution in [3.05, 3.63) is 64.7 Å². The molecule has 21 heavy (non-hydrogen) atoms. The summed E-state index contributed by atoms with van der Waals surface area (Å²) < 4.78 is 5.68. The molecule has 0 bridgehead atoms. The van der Waals surface area contributed by atoms with Crippen LogP contribution in [0, 0.1) is 13.8 Å². The molecule has 2 aromatic carbocycles. The van der Waals surface area contributed by atoms with E-state index in [0.717, 1.165) is 30.8 Å². The number of alkyl halides is 1. The average molecular weight is 303 g/mol. The third kappa shape index (κ3) is 4.50. The Kier molecular flexibility index (Phi) is 5.69. The van der Waals surface area contributed by atoms with Crippen LogP contribution in [0.15, 0.2) is 42.5 Å². The van der Waals surface area contributed by atoms with E-state index in [0.29, 0.717) is 0 Å². The van der Waals surface area contributed by atoms with Crippen molar-refractivity contribution in [3.63, 3.8) is 0 Å². The molecular formula is C19H23ClO. The van der Waals surface area contributed by atoms with Gasteiger partial charge in [-0.15, -0.1) is 11.6 Å². The Hall–Kier alpha value is -1.47. The smallest absolute Gasteiger partial charge is 0.119 e. The highest BCUT2D eigenvalue weighted by Crippen LogP contribution is 2.29. The molecule has 0 radical (unpaired) electrons. The van der Waals surface area contributed by atoms with Gasteiger partial charge in [-0.2, -0.15) is 0 Å². The second-order valence-electron chi connectivity index (χ2n) is 5.52. The maximum absolute atomic E-state index is 6.62. The summed E-state index contributed by atoms with van der Waals surface area (Å²) >= 11 is 6.62. The largest absolute Gasteiger partial charge is 0.494 e. The van der Waals surface area contributed by atoms with Crippen LogP contribution < -0.4 is 4.74 Å². The fourth-order valence-electron chi connectivity index (χ4n) is 2.35. The fraction of sp³-hybridized carbons (Fsp3) is 0.368. The highest BCUT2D eigenvalue weighted by molar-refractivity contribution is 6.21. The molecule has 0 saturated carbocycles. The molecule has 0 saturated heterocycles. The molecule has 2 rings (SSSR count). The summed E-state index contributed by atoms with van der Waals surface area (Å²) in [7, 11) is 0. The Bertz CT molecular complexity index is 592. The van der Waals surface area contributed by atoms with Crippen molar-refractivity contribution in [2.75, 3.05) is 6.61 Å². The van der Waals surface area contributed by atoms with Crippen LogP contribution in [0.1, 0.15) is 41.0 Å².